The summed E-state index contributed by atoms with van der Waals surface area (Å²) in [5.74, 6) is -2.09. The maximum Gasteiger partial charge on any atom is 0.307 e. The first-order valence-electron chi connectivity index (χ1n) is 6.25. The Bertz CT molecular complexity index is 373. The summed E-state index contributed by atoms with van der Waals surface area (Å²) in [7, 11) is 0. The first kappa shape index (κ1) is 13.1. The molecule has 2 N–H and O–H groups in total. The van der Waals surface area contributed by atoms with Crippen molar-refractivity contribution in [2.75, 3.05) is 19.8 Å². The third-order valence-electron chi connectivity index (χ3n) is 3.68. The Hall–Kier alpha value is -1.36. The van der Waals surface area contributed by atoms with E-state index in [0.29, 0.717) is 32.6 Å². The molecule has 100 valence electrons. The lowest BCUT2D eigenvalue weighted by atomic mass is 9.82. The summed E-state index contributed by atoms with van der Waals surface area (Å²) in [6.45, 7) is 3.91. The summed E-state index contributed by atoms with van der Waals surface area (Å²) in [5, 5.41) is 12.0. The number of nitrogens with one attached hydrogen (secondary N) is 1. The van der Waals surface area contributed by atoms with Gasteiger partial charge in [0, 0.05) is 12.0 Å². The molecule has 5 heteroatoms. The molecule has 1 heterocycles. The van der Waals surface area contributed by atoms with Crippen molar-refractivity contribution in [2.24, 2.45) is 17.3 Å². The van der Waals surface area contributed by atoms with E-state index in [1.54, 1.807) is 0 Å². The smallest absolute Gasteiger partial charge is 0.307 e. The van der Waals surface area contributed by atoms with Gasteiger partial charge in [-0.2, -0.15) is 0 Å². The maximum atomic E-state index is 12.1. The van der Waals surface area contributed by atoms with E-state index in [9.17, 15) is 9.59 Å². The number of carboxylic acids is 1. The van der Waals surface area contributed by atoms with E-state index in [0.717, 1.165) is 0 Å². The van der Waals surface area contributed by atoms with Crippen LogP contribution in [0.25, 0.3) is 0 Å². The summed E-state index contributed by atoms with van der Waals surface area (Å²) >= 11 is 0. The van der Waals surface area contributed by atoms with Crippen LogP contribution in [0.2, 0.25) is 0 Å². The molecule has 1 amide bonds. The van der Waals surface area contributed by atoms with Gasteiger partial charge in [-0.15, -0.1) is 0 Å². The molecule has 2 atom stereocenters. The molecular weight excluding hydrogens is 234 g/mol. The van der Waals surface area contributed by atoms with Gasteiger partial charge in [0.25, 0.3) is 0 Å². The second-order valence-electron chi connectivity index (χ2n) is 5.52. The van der Waals surface area contributed by atoms with E-state index < -0.39 is 17.8 Å². The third-order valence-corrected chi connectivity index (χ3v) is 3.68. The van der Waals surface area contributed by atoms with Crippen molar-refractivity contribution in [3.05, 3.63) is 12.2 Å². The van der Waals surface area contributed by atoms with Crippen LogP contribution in [0.5, 0.6) is 0 Å². The lowest BCUT2D eigenvalue weighted by Crippen LogP contribution is -2.50. The highest BCUT2D eigenvalue weighted by Crippen LogP contribution is 2.28. The molecule has 0 aromatic heterocycles. The van der Waals surface area contributed by atoms with E-state index in [4.69, 9.17) is 9.84 Å². The van der Waals surface area contributed by atoms with Gasteiger partial charge < -0.3 is 15.2 Å². The minimum absolute atomic E-state index is 0.0128. The zero-order valence-electron chi connectivity index (χ0n) is 10.5. The first-order chi connectivity index (χ1) is 8.52. The van der Waals surface area contributed by atoms with Crippen LogP contribution in [0.1, 0.15) is 19.8 Å². The summed E-state index contributed by atoms with van der Waals surface area (Å²) in [6.07, 6.45) is 4.67. The monoisotopic (exact) mass is 253 g/mol. The standard InChI is InChI=1S/C13H19NO4/c1-13(7-18-8-13)6-14-11(15)9-4-2-3-5-10(9)12(16)17/h2-3,9-10H,4-8H2,1H3,(H,14,15)(H,16,17)/t9-,10+/m1/s1. The van der Waals surface area contributed by atoms with Crippen LogP contribution in [0, 0.1) is 17.3 Å². The number of hydrogen-bond acceptors (Lipinski definition) is 3. The molecule has 0 aromatic carbocycles. The van der Waals surface area contributed by atoms with Gasteiger partial charge in [-0.25, -0.2) is 0 Å². The molecule has 0 bridgehead atoms. The summed E-state index contributed by atoms with van der Waals surface area (Å²) in [4.78, 5) is 23.2. The van der Waals surface area contributed by atoms with Crippen LogP contribution in [0.15, 0.2) is 12.2 Å². The zero-order chi connectivity index (χ0) is 13.2. The Kier molecular flexibility index (Phi) is 3.71. The van der Waals surface area contributed by atoms with Crippen molar-refractivity contribution >= 4 is 11.9 Å². The predicted octanol–water partition coefficient (Wildman–Crippen LogP) is 0.806. The van der Waals surface area contributed by atoms with E-state index in [-0.39, 0.29) is 11.3 Å². The second-order valence-corrected chi connectivity index (χ2v) is 5.52. The quantitative estimate of drug-likeness (QED) is 0.727. The Balaban J connectivity index is 1.90. The molecule has 0 radical (unpaired) electrons. The Morgan fingerprint density at radius 3 is 2.44 bits per heavy atom. The number of carboxylic acid groups (broad SMARTS) is 1. The van der Waals surface area contributed by atoms with E-state index in [2.05, 4.69) is 5.32 Å². The van der Waals surface area contributed by atoms with Gasteiger partial charge in [0.15, 0.2) is 0 Å². The van der Waals surface area contributed by atoms with Crippen molar-refractivity contribution in [3.63, 3.8) is 0 Å². The SMILES string of the molecule is CC1(CNC(=O)[C@@H]2CC=CC[C@@H]2C(=O)O)COC1. The fourth-order valence-electron chi connectivity index (χ4n) is 2.36. The minimum atomic E-state index is -0.891. The summed E-state index contributed by atoms with van der Waals surface area (Å²) in [6, 6.07) is 0. The molecule has 1 fully saturated rings. The van der Waals surface area contributed by atoms with Gasteiger partial charge in [0.2, 0.25) is 5.91 Å². The number of carbonyl (C=O) groups is 2. The topological polar surface area (TPSA) is 75.6 Å². The number of amides is 1. The molecule has 1 aliphatic carbocycles. The molecule has 18 heavy (non-hydrogen) atoms. The number of rotatable bonds is 4. The molecular formula is C13H19NO4. The van der Waals surface area contributed by atoms with Crippen LogP contribution in [-0.4, -0.2) is 36.7 Å². The van der Waals surface area contributed by atoms with Gasteiger partial charge in [-0.05, 0) is 12.8 Å². The van der Waals surface area contributed by atoms with E-state index in [1.165, 1.54) is 0 Å². The Labute approximate surface area is 106 Å². The molecule has 0 saturated carbocycles. The first-order valence-corrected chi connectivity index (χ1v) is 6.25. The molecule has 0 aromatic rings. The van der Waals surface area contributed by atoms with Gasteiger partial charge in [-0.3, -0.25) is 9.59 Å². The van der Waals surface area contributed by atoms with Crippen molar-refractivity contribution in [3.8, 4) is 0 Å². The number of carbonyl (C=O) groups excluding carboxylic acids is 1. The summed E-state index contributed by atoms with van der Waals surface area (Å²) in [5.41, 5.74) is 0.0128. The van der Waals surface area contributed by atoms with Crippen molar-refractivity contribution in [1.82, 2.24) is 5.32 Å². The Morgan fingerprint density at radius 1 is 1.33 bits per heavy atom. The van der Waals surface area contributed by atoms with Gasteiger partial charge >= 0.3 is 5.97 Å². The number of allylic oxidation sites excluding steroid dienone is 2. The van der Waals surface area contributed by atoms with Gasteiger partial charge in [0.05, 0.1) is 25.0 Å². The molecule has 2 aliphatic rings. The minimum Gasteiger partial charge on any atom is -0.481 e. The lowest BCUT2D eigenvalue weighted by molar-refractivity contribution is -0.148. The fourth-order valence-corrected chi connectivity index (χ4v) is 2.36. The van der Waals surface area contributed by atoms with Crippen LogP contribution in [0.3, 0.4) is 0 Å². The largest absolute Gasteiger partial charge is 0.481 e. The molecule has 0 spiro atoms. The molecule has 0 unspecified atom stereocenters. The van der Waals surface area contributed by atoms with Crippen LogP contribution < -0.4 is 5.32 Å². The highest BCUT2D eigenvalue weighted by molar-refractivity contribution is 5.85. The van der Waals surface area contributed by atoms with E-state index in [1.807, 2.05) is 19.1 Å². The van der Waals surface area contributed by atoms with Gasteiger partial charge in [-0.1, -0.05) is 19.1 Å². The van der Waals surface area contributed by atoms with E-state index >= 15 is 0 Å². The fraction of sp³-hybridized carbons (Fsp3) is 0.692. The van der Waals surface area contributed by atoms with Crippen LogP contribution in [0.4, 0.5) is 0 Å². The molecule has 5 nitrogen and oxygen atoms in total. The average molecular weight is 253 g/mol. The third kappa shape index (κ3) is 2.72. The number of aliphatic carboxylic acids is 1. The highest BCUT2D eigenvalue weighted by Gasteiger charge is 2.37. The van der Waals surface area contributed by atoms with Crippen molar-refractivity contribution in [1.29, 1.82) is 0 Å². The average Bonchev–Trinajstić information content (AvgIpc) is 2.33. The van der Waals surface area contributed by atoms with Crippen molar-refractivity contribution < 1.29 is 19.4 Å². The zero-order valence-corrected chi connectivity index (χ0v) is 10.5. The lowest BCUT2D eigenvalue weighted by Gasteiger charge is -2.38. The highest BCUT2D eigenvalue weighted by atomic mass is 16.5. The van der Waals surface area contributed by atoms with Crippen LogP contribution in [-0.2, 0) is 14.3 Å². The van der Waals surface area contributed by atoms with Gasteiger partial charge in [0.1, 0.15) is 0 Å². The van der Waals surface area contributed by atoms with Crippen LogP contribution >= 0.6 is 0 Å². The normalized spacial score (nSPS) is 29.4. The number of ether oxygens (including phenoxy) is 1. The number of hydrogen-bond donors (Lipinski definition) is 2. The Morgan fingerprint density at radius 2 is 1.94 bits per heavy atom. The predicted molar refractivity (Wildman–Crippen MR) is 64.9 cm³/mol. The second kappa shape index (κ2) is 5.10. The molecule has 1 saturated heterocycles. The van der Waals surface area contributed by atoms with Crippen molar-refractivity contribution in [2.45, 2.75) is 19.8 Å². The maximum absolute atomic E-state index is 12.1. The molecule has 1 aliphatic heterocycles. The summed E-state index contributed by atoms with van der Waals surface area (Å²) < 4.78 is 5.12. The molecule has 2 rings (SSSR count).